The van der Waals surface area contributed by atoms with E-state index in [1.54, 1.807) is 20.8 Å². The lowest BCUT2D eigenvalue weighted by atomic mass is 10.00. The Bertz CT molecular complexity index is 749. The van der Waals surface area contributed by atoms with Gasteiger partial charge in [-0.25, -0.2) is 0 Å². The van der Waals surface area contributed by atoms with Crippen LogP contribution in [0.3, 0.4) is 0 Å². The lowest BCUT2D eigenvalue weighted by Crippen LogP contribution is -2.55. The summed E-state index contributed by atoms with van der Waals surface area (Å²) < 4.78 is 0. The quantitative estimate of drug-likeness (QED) is 0.392. The van der Waals surface area contributed by atoms with Crippen molar-refractivity contribution in [2.45, 2.75) is 72.1 Å². The topological polar surface area (TPSA) is 116 Å². The fourth-order valence-corrected chi connectivity index (χ4v) is 3.06. The SMILES string of the molecule is CC(=O)[C@H](Cc1ccccc1)NC(=O)[C@@H](NC(=O)CNC(=O)[C@H](C)NC(C)C)C(C)C. The summed E-state index contributed by atoms with van der Waals surface area (Å²) in [5.41, 5.74) is 0.931. The maximum Gasteiger partial charge on any atom is 0.243 e. The molecule has 0 aliphatic heterocycles. The molecule has 3 atom stereocenters. The molecule has 0 bridgehead atoms. The first kappa shape index (κ1) is 26.3. The predicted octanol–water partition coefficient (Wildman–Crippen LogP) is 0.946. The number of Topliss-reactive ketones (excluding diaryl/α,β-unsaturated/α-hetero) is 1. The zero-order chi connectivity index (χ0) is 23.6. The van der Waals surface area contributed by atoms with E-state index in [0.717, 1.165) is 5.56 Å². The van der Waals surface area contributed by atoms with Gasteiger partial charge in [-0.05, 0) is 31.7 Å². The Morgan fingerprint density at radius 3 is 2.00 bits per heavy atom. The van der Waals surface area contributed by atoms with Crippen LogP contribution in [0.2, 0.25) is 0 Å². The molecule has 4 N–H and O–H groups in total. The maximum absolute atomic E-state index is 12.8. The van der Waals surface area contributed by atoms with Crippen molar-refractivity contribution < 1.29 is 19.2 Å². The molecule has 0 spiro atoms. The molecule has 1 aromatic rings. The van der Waals surface area contributed by atoms with E-state index >= 15 is 0 Å². The highest BCUT2D eigenvalue weighted by Crippen LogP contribution is 2.07. The number of benzene rings is 1. The summed E-state index contributed by atoms with van der Waals surface area (Å²) in [4.78, 5) is 49.3. The number of amides is 3. The summed E-state index contributed by atoms with van der Waals surface area (Å²) in [5.74, 6) is -1.56. The molecule has 0 fully saturated rings. The third kappa shape index (κ3) is 9.74. The second-order valence-electron chi connectivity index (χ2n) is 8.41. The van der Waals surface area contributed by atoms with Gasteiger partial charge in [0.15, 0.2) is 5.78 Å². The van der Waals surface area contributed by atoms with Gasteiger partial charge in [0.2, 0.25) is 17.7 Å². The number of carbonyl (C=O) groups is 4. The van der Waals surface area contributed by atoms with Gasteiger partial charge in [-0.3, -0.25) is 19.2 Å². The number of nitrogens with one attached hydrogen (secondary N) is 4. The normalized spacial score (nSPS) is 13.9. The molecule has 1 rings (SSSR count). The number of hydrogen-bond acceptors (Lipinski definition) is 5. The first-order valence-corrected chi connectivity index (χ1v) is 10.7. The van der Waals surface area contributed by atoms with E-state index in [1.807, 2.05) is 44.2 Å². The summed E-state index contributed by atoms with van der Waals surface area (Å²) in [6.45, 7) is 10.4. The zero-order valence-electron chi connectivity index (χ0n) is 19.3. The average Bonchev–Trinajstić information content (AvgIpc) is 2.69. The highest BCUT2D eigenvalue weighted by Gasteiger charge is 2.28. The van der Waals surface area contributed by atoms with Crippen molar-refractivity contribution in [2.75, 3.05) is 6.54 Å². The van der Waals surface area contributed by atoms with Crippen LogP contribution in [-0.4, -0.2) is 54.2 Å². The van der Waals surface area contributed by atoms with Gasteiger partial charge in [-0.15, -0.1) is 0 Å². The highest BCUT2D eigenvalue weighted by atomic mass is 16.2. The molecule has 0 saturated carbocycles. The molecular formula is C23H36N4O4. The average molecular weight is 433 g/mol. The first-order valence-electron chi connectivity index (χ1n) is 10.7. The third-order valence-electron chi connectivity index (χ3n) is 4.76. The van der Waals surface area contributed by atoms with Gasteiger partial charge in [-0.1, -0.05) is 58.0 Å². The largest absolute Gasteiger partial charge is 0.346 e. The standard InChI is InChI=1S/C23H36N4O4/c1-14(2)21(27-20(29)13-24-22(30)16(5)25-15(3)4)23(31)26-19(17(6)28)12-18-10-8-7-9-11-18/h7-11,14-16,19,21,25H,12-13H2,1-6H3,(H,24,30)(H,26,31)(H,27,29)/t16-,19-,21-/m0/s1. The van der Waals surface area contributed by atoms with E-state index in [9.17, 15) is 19.2 Å². The maximum atomic E-state index is 12.8. The fourth-order valence-electron chi connectivity index (χ4n) is 3.06. The number of carbonyl (C=O) groups excluding carboxylic acids is 4. The van der Waals surface area contributed by atoms with Crippen molar-refractivity contribution in [3.8, 4) is 0 Å². The van der Waals surface area contributed by atoms with Crippen LogP contribution in [0.1, 0.15) is 47.1 Å². The highest BCUT2D eigenvalue weighted by molar-refractivity contribution is 5.93. The first-order chi connectivity index (χ1) is 14.5. The third-order valence-corrected chi connectivity index (χ3v) is 4.76. The Morgan fingerprint density at radius 2 is 1.48 bits per heavy atom. The van der Waals surface area contributed by atoms with Gasteiger partial charge in [0.25, 0.3) is 0 Å². The fraction of sp³-hybridized carbons (Fsp3) is 0.565. The predicted molar refractivity (Wildman–Crippen MR) is 120 cm³/mol. The van der Waals surface area contributed by atoms with E-state index < -0.39 is 29.9 Å². The van der Waals surface area contributed by atoms with Crippen molar-refractivity contribution in [3.05, 3.63) is 35.9 Å². The van der Waals surface area contributed by atoms with Crippen LogP contribution in [0.25, 0.3) is 0 Å². The number of hydrogen-bond donors (Lipinski definition) is 4. The number of ketones is 1. The second-order valence-corrected chi connectivity index (χ2v) is 8.41. The van der Waals surface area contributed by atoms with Gasteiger partial charge >= 0.3 is 0 Å². The molecule has 0 aromatic heterocycles. The molecule has 172 valence electrons. The minimum Gasteiger partial charge on any atom is -0.346 e. The second kappa shape index (κ2) is 12.8. The summed E-state index contributed by atoms with van der Waals surface area (Å²) in [6.07, 6.45) is 0.372. The van der Waals surface area contributed by atoms with Crippen LogP contribution in [0.5, 0.6) is 0 Å². The Morgan fingerprint density at radius 1 is 0.871 bits per heavy atom. The van der Waals surface area contributed by atoms with Gasteiger partial charge in [0, 0.05) is 6.04 Å². The van der Waals surface area contributed by atoms with E-state index in [4.69, 9.17) is 0 Å². The van der Waals surface area contributed by atoms with Gasteiger partial charge in [-0.2, -0.15) is 0 Å². The molecule has 3 amide bonds. The van der Waals surface area contributed by atoms with Crippen molar-refractivity contribution in [3.63, 3.8) is 0 Å². The van der Waals surface area contributed by atoms with Crippen molar-refractivity contribution in [1.82, 2.24) is 21.3 Å². The molecular weight excluding hydrogens is 396 g/mol. The van der Waals surface area contributed by atoms with Gasteiger partial charge < -0.3 is 21.3 Å². The van der Waals surface area contributed by atoms with Crippen molar-refractivity contribution >= 4 is 23.5 Å². The summed E-state index contributed by atoms with van der Waals surface area (Å²) in [7, 11) is 0. The Hall–Kier alpha value is -2.74. The summed E-state index contributed by atoms with van der Waals surface area (Å²) in [6, 6.07) is 7.59. The summed E-state index contributed by atoms with van der Waals surface area (Å²) >= 11 is 0. The molecule has 1 aromatic carbocycles. The van der Waals surface area contributed by atoms with Crippen LogP contribution in [0, 0.1) is 5.92 Å². The van der Waals surface area contributed by atoms with Crippen LogP contribution in [0.4, 0.5) is 0 Å². The molecule has 0 unspecified atom stereocenters. The molecule has 8 heteroatoms. The molecule has 0 saturated heterocycles. The molecule has 0 radical (unpaired) electrons. The van der Waals surface area contributed by atoms with E-state index in [0.29, 0.717) is 6.42 Å². The Kier molecular flexibility index (Phi) is 10.9. The van der Waals surface area contributed by atoms with Crippen LogP contribution >= 0.6 is 0 Å². The minimum absolute atomic E-state index is 0.133. The van der Waals surface area contributed by atoms with Gasteiger partial charge in [0.1, 0.15) is 6.04 Å². The molecule has 31 heavy (non-hydrogen) atoms. The van der Waals surface area contributed by atoms with Crippen LogP contribution in [0.15, 0.2) is 30.3 Å². The van der Waals surface area contributed by atoms with Crippen LogP contribution < -0.4 is 21.3 Å². The molecule has 0 aliphatic rings. The molecule has 0 heterocycles. The summed E-state index contributed by atoms with van der Waals surface area (Å²) in [5, 5.41) is 11.0. The molecule has 0 aliphatic carbocycles. The van der Waals surface area contributed by atoms with Gasteiger partial charge in [0.05, 0.1) is 18.6 Å². The van der Waals surface area contributed by atoms with Crippen molar-refractivity contribution in [1.29, 1.82) is 0 Å². The number of rotatable bonds is 12. The van der Waals surface area contributed by atoms with E-state index in [-0.39, 0.29) is 30.2 Å². The smallest absolute Gasteiger partial charge is 0.243 e. The Balaban J connectivity index is 2.68. The molecule has 8 nitrogen and oxygen atoms in total. The minimum atomic E-state index is -0.826. The zero-order valence-corrected chi connectivity index (χ0v) is 19.3. The van der Waals surface area contributed by atoms with Crippen molar-refractivity contribution in [2.24, 2.45) is 5.92 Å². The van der Waals surface area contributed by atoms with E-state index in [2.05, 4.69) is 21.3 Å². The Labute approximate surface area is 184 Å². The monoisotopic (exact) mass is 432 g/mol. The lowest BCUT2D eigenvalue weighted by Gasteiger charge is -2.25. The van der Waals surface area contributed by atoms with E-state index in [1.165, 1.54) is 6.92 Å². The lowest BCUT2D eigenvalue weighted by molar-refractivity contribution is -0.132. The van der Waals surface area contributed by atoms with Crippen LogP contribution in [-0.2, 0) is 25.6 Å².